The zero-order valence-electron chi connectivity index (χ0n) is 17.0. The zero-order valence-corrected chi connectivity index (χ0v) is 18.6. The SMILES string of the molecule is CCN1c2ccccc2-n2cccc2C12CCN(C(=O)Nc1ccccc1Br)CC2. The topological polar surface area (TPSA) is 40.5 Å². The largest absolute Gasteiger partial charge is 0.359 e. The first-order valence-electron chi connectivity index (χ1n) is 10.5. The van der Waals surface area contributed by atoms with Gasteiger partial charge in [-0.2, -0.15) is 0 Å². The maximum Gasteiger partial charge on any atom is 0.321 e. The normalized spacial score (nSPS) is 16.9. The summed E-state index contributed by atoms with van der Waals surface area (Å²) >= 11 is 3.51. The molecule has 0 saturated carbocycles. The summed E-state index contributed by atoms with van der Waals surface area (Å²) in [6, 6.07) is 20.7. The molecule has 1 N–H and O–H groups in total. The molecule has 0 bridgehead atoms. The number of carbonyl (C=O) groups is 1. The standard InChI is InChI=1S/C24H25BrN4O/c1-2-29-21-11-6-5-10-20(21)28-15-7-12-22(28)24(29)13-16-27(17-14-24)23(30)26-19-9-4-3-8-18(19)25/h3-12,15H,2,13-14,16-17H2,1H3,(H,26,30). The highest BCUT2D eigenvalue weighted by Crippen LogP contribution is 2.48. The minimum Gasteiger partial charge on any atom is -0.359 e. The van der Waals surface area contributed by atoms with Crippen LogP contribution in [-0.4, -0.2) is 35.1 Å². The Morgan fingerprint density at radius 3 is 2.43 bits per heavy atom. The number of hydrogen-bond acceptors (Lipinski definition) is 2. The van der Waals surface area contributed by atoms with Gasteiger partial charge in [-0.15, -0.1) is 0 Å². The van der Waals surface area contributed by atoms with Crippen molar-refractivity contribution >= 4 is 33.3 Å². The highest BCUT2D eigenvalue weighted by Gasteiger charge is 2.46. The molecule has 6 heteroatoms. The fraction of sp³-hybridized carbons (Fsp3) is 0.292. The van der Waals surface area contributed by atoms with Crippen LogP contribution in [0.4, 0.5) is 16.2 Å². The van der Waals surface area contributed by atoms with Crippen LogP contribution in [-0.2, 0) is 5.54 Å². The van der Waals surface area contributed by atoms with E-state index in [1.165, 1.54) is 17.1 Å². The molecule has 0 aliphatic carbocycles. The monoisotopic (exact) mass is 464 g/mol. The van der Waals surface area contributed by atoms with Gasteiger partial charge in [0.1, 0.15) is 0 Å². The van der Waals surface area contributed by atoms with Crippen LogP contribution in [0.25, 0.3) is 5.69 Å². The zero-order chi connectivity index (χ0) is 20.7. The van der Waals surface area contributed by atoms with Gasteiger partial charge in [-0.3, -0.25) is 0 Å². The Hall–Kier alpha value is -2.73. The molecule has 3 aromatic rings. The van der Waals surface area contributed by atoms with Crippen LogP contribution in [0.5, 0.6) is 0 Å². The summed E-state index contributed by atoms with van der Waals surface area (Å²) in [5, 5.41) is 3.05. The molecule has 1 saturated heterocycles. The predicted molar refractivity (Wildman–Crippen MR) is 124 cm³/mol. The van der Waals surface area contributed by atoms with Crippen molar-refractivity contribution in [1.29, 1.82) is 0 Å². The maximum atomic E-state index is 12.9. The molecule has 5 nitrogen and oxygen atoms in total. The number of carbonyl (C=O) groups excluding carboxylic acids is 1. The van der Waals surface area contributed by atoms with Crippen molar-refractivity contribution in [2.24, 2.45) is 0 Å². The molecule has 0 radical (unpaired) electrons. The van der Waals surface area contributed by atoms with Gasteiger partial charge in [-0.25, -0.2) is 4.79 Å². The van der Waals surface area contributed by atoms with E-state index in [-0.39, 0.29) is 11.6 Å². The number of urea groups is 1. The van der Waals surface area contributed by atoms with Gasteiger partial charge in [0.05, 0.1) is 22.6 Å². The van der Waals surface area contributed by atoms with Gasteiger partial charge in [-0.1, -0.05) is 24.3 Å². The van der Waals surface area contributed by atoms with E-state index >= 15 is 0 Å². The van der Waals surface area contributed by atoms with Crippen LogP contribution < -0.4 is 10.2 Å². The molecule has 0 atom stereocenters. The van der Waals surface area contributed by atoms with E-state index in [4.69, 9.17) is 0 Å². The van der Waals surface area contributed by atoms with Gasteiger partial charge < -0.3 is 19.7 Å². The predicted octanol–water partition coefficient (Wildman–Crippen LogP) is 5.60. The Labute approximate surface area is 185 Å². The van der Waals surface area contributed by atoms with Gasteiger partial charge in [0.2, 0.25) is 0 Å². The van der Waals surface area contributed by atoms with Crippen molar-refractivity contribution < 1.29 is 4.79 Å². The number of aromatic nitrogens is 1. The fourth-order valence-corrected chi connectivity index (χ4v) is 5.45. The van der Waals surface area contributed by atoms with E-state index in [0.717, 1.165) is 42.6 Å². The number of rotatable bonds is 2. The smallest absolute Gasteiger partial charge is 0.321 e. The molecule has 2 aromatic carbocycles. The Bertz CT molecular complexity index is 1080. The van der Waals surface area contributed by atoms with Crippen LogP contribution in [0.1, 0.15) is 25.5 Å². The second-order valence-corrected chi connectivity index (χ2v) is 8.78. The van der Waals surface area contributed by atoms with Crippen molar-refractivity contribution in [2.45, 2.75) is 25.3 Å². The van der Waals surface area contributed by atoms with Crippen LogP contribution in [0.3, 0.4) is 0 Å². The van der Waals surface area contributed by atoms with Crippen LogP contribution in [0.15, 0.2) is 71.3 Å². The van der Waals surface area contributed by atoms with Crippen molar-refractivity contribution in [1.82, 2.24) is 9.47 Å². The van der Waals surface area contributed by atoms with E-state index in [9.17, 15) is 4.79 Å². The first-order chi connectivity index (χ1) is 14.6. The summed E-state index contributed by atoms with van der Waals surface area (Å²) in [5.41, 5.74) is 4.55. The quantitative estimate of drug-likeness (QED) is 0.535. The molecule has 5 rings (SSSR count). The van der Waals surface area contributed by atoms with Crippen molar-refractivity contribution in [3.8, 4) is 5.69 Å². The molecular weight excluding hydrogens is 440 g/mol. The third kappa shape index (κ3) is 2.93. The molecule has 154 valence electrons. The molecule has 1 fully saturated rings. The fourth-order valence-electron chi connectivity index (χ4n) is 5.07. The van der Waals surface area contributed by atoms with Crippen LogP contribution in [0.2, 0.25) is 0 Å². The highest BCUT2D eigenvalue weighted by molar-refractivity contribution is 9.10. The number of nitrogens with one attached hydrogen (secondary N) is 1. The lowest BCUT2D eigenvalue weighted by atomic mass is 9.80. The van der Waals surface area contributed by atoms with E-state index < -0.39 is 0 Å². The maximum absolute atomic E-state index is 12.9. The molecule has 2 aliphatic rings. The number of halogens is 1. The van der Waals surface area contributed by atoms with E-state index in [1.54, 1.807) is 0 Å². The summed E-state index contributed by atoms with van der Waals surface area (Å²) in [4.78, 5) is 17.4. The molecule has 0 unspecified atom stereocenters. The summed E-state index contributed by atoms with van der Waals surface area (Å²) in [6.07, 6.45) is 3.97. The van der Waals surface area contributed by atoms with Crippen LogP contribution >= 0.6 is 15.9 Å². The third-order valence-electron chi connectivity index (χ3n) is 6.48. The number of hydrogen-bond donors (Lipinski definition) is 1. The Kier molecular flexibility index (Phi) is 4.82. The number of amides is 2. The summed E-state index contributed by atoms with van der Waals surface area (Å²) < 4.78 is 3.23. The number of benzene rings is 2. The lowest BCUT2D eigenvalue weighted by Gasteiger charge is -2.53. The Balaban J connectivity index is 1.41. The number of fused-ring (bicyclic) bond motifs is 4. The minimum absolute atomic E-state index is 0.0357. The summed E-state index contributed by atoms with van der Waals surface area (Å²) in [6.45, 7) is 4.61. The molecule has 1 spiro atoms. The lowest BCUT2D eigenvalue weighted by molar-refractivity contribution is 0.161. The van der Waals surface area contributed by atoms with Crippen LogP contribution in [0, 0.1) is 0 Å². The molecule has 2 amide bonds. The second-order valence-electron chi connectivity index (χ2n) is 7.93. The summed E-state index contributed by atoms with van der Waals surface area (Å²) in [5.74, 6) is 0. The Morgan fingerprint density at radius 1 is 1.00 bits per heavy atom. The number of piperidine rings is 1. The van der Waals surface area contributed by atoms with Crippen molar-refractivity contribution in [3.05, 3.63) is 77.0 Å². The molecule has 2 aliphatic heterocycles. The first kappa shape index (κ1) is 19.2. The molecule has 3 heterocycles. The van der Waals surface area contributed by atoms with Crippen molar-refractivity contribution in [2.75, 3.05) is 29.9 Å². The number of anilines is 2. The average Bonchev–Trinajstić information content (AvgIpc) is 3.27. The molecule has 30 heavy (non-hydrogen) atoms. The lowest BCUT2D eigenvalue weighted by Crippen LogP contribution is -2.57. The minimum atomic E-state index is -0.0866. The number of para-hydroxylation sites is 3. The number of likely N-dealkylation sites (tertiary alicyclic amines) is 1. The summed E-state index contributed by atoms with van der Waals surface area (Å²) in [7, 11) is 0. The highest BCUT2D eigenvalue weighted by atomic mass is 79.9. The molecular formula is C24H25BrN4O. The van der Waals surface area contributed by atoms with Gasteiger partial charge in [0.25, 0.3) is 0 Å². The third-order valence-corrected chi connectivity index (χ3v) is 7.18. The van der Waals surface area contributed by atoms with Gasteiger partial charge in [0, 0.05) is 36.0 Å². The van der Waals surface area contributed by atoms with E-state index in [1.807, 2.05) is 29.2 Å². The number of nitrogens with zero attached hydrogens (tertiary/aromatic N) is 3. The van der Waals surface area contributed by atoms with Gasteiger partial charge >= 0.3 is 6.03 Å². The van der Waals surface area contributed by atoms with Gasteiger partial charge in [0.15, 0.2) is 0 Å². The molecule has 1 aromatic heterocycles. The first-order valence-corrected chi connectivity index (χ1v) is 11.3. The van der Waals surface area contributed by atoms with Crippen molar-refractivity contribution in [3.63, 3.8) is 0 Å². The van der Waals surface area contributed by atoms with Gasteiger partial charge in [-0.05, 0) is 72.1 Å². The Morgan fingerprint density at radius 2 is 1.70 bits per heavy atom. The average molecular weight is 465 g/mol. The van der Waals surface area contributed by atoms with E-state index in [0.29, 0.717) is 0 Å². The van der Waals surface area contributed by atoms with E-state index in [2.05, 4.69) is 80.2 Å². The second kappa shape index (κ2) is 7.51.